The van der Waals surface area contributed by atoms with E-state index in [2.05, 4.69) is 0 Å². The molecule has 0 aromatic heterocycles. The summed E-state index contributed by atoms with van der Waals surface area (Å²) in [5, 5.41) is 9.15. The molecule has 0 radical (unpaired) electrons. The minimum Gasteiger partial charge on any atom is -0.480 e. The minimum atomic E-state index is -0.928. The second kappa shape index (κ2) is 8.64. The Hall–Kier alpha value is -1.59. The van der Waals surface area contributed by atoms with Crippen molar-refractivity contribution in [2.45, 2.75) is 58.4 Å². The maximum absolute atomic E-state index is 12.1. The van der Waals surface area contributed by atoms with Gasteiger partial charge in [0.1, 0.15) is 6.04 Å². The molecule has 1 heterocycles. The summed E-state index contributed by atoms with van der Waals surface area (Å²) in [6, 6.07) is -0.690. The van der Waals surface area contributed by atoms with E-state index in [0.29, 0.717) is 38.9 Å². The number of carboxylic acids is 1. The highest BCUT2D eigenvalue weighted by Crippen LogP contribution is 2.19. The lowest BCUT2D eigenvalue weighted by Gasteiger charge is -2.33. The lowest BCUT2D eigenvalue weighted by molar-refractivity contribution is -0.152. The van der Waals surface area contributed by atoms with E-state index in [1.54, 1.807) is 4.90 Å². The van der Waals surface area contributed by atoms with Gasteiger partial charge in [-0.3, -0.25) is 9.59 Å². The highest BCUT2D eigenvalue weighted by molar-refractivity contribution is 5.84. The second-order valence-corrected chi connectivity index (χ2v) is 5.36. The van der Waals surface area contributed by atoms with Gasteiger partial charge in [0, 0.05) is 32.5 Å². The summed E-state index contributed by atoms with van der Waals surface area (Å²) in [6.07, 6.45) is 3.31. The van der Waals surface area contributed by atoms with Crippen molar-refractivity contribution in [3.8, 4) is 0 Å². The standard InChI is InChI=1S/C15H26N2O4/c1-3-16(4-2)13(18)9-7-10-14(19)17-11-6-5-8-12(17)15(20)21/h12H,3-11H2,1-2H3,(H,20,21). The lowest BCUT2D eigenvalue weighted by Crippen LogP contribution is -2.47. The Bertz CT molecular complexity index is 380. The summed E-state index contributed by atoms with van der Waals surface area (Å²) in [6.45, 7) is 5.72. The van der Waals surface area contributed by atoms with Gasteiger partial charge < -0.3 is 14.9 Å². The van der Waals surface area contributed by atoms with Gasteiger partial charge in [0.05, 0.1) is 0 Å². The van der Waals surface area contributed by atoms with Crippen LogP contribution < -0.4 is 0 Å². The average molecular weight is 298 g/mol. The summed E-state index contributed by atoms with van der Waals surface area (Å²) in [5.74, 6) is -1.02. The Balaban J connectivity index is 2.42. The third kappa shape index (κ3) is 5.02. The largest absolute Gasteiger partial charge is 0.480 e. The summed E-state index contributed by atoms with van der Waals surface area (Å²) in [7, 11) is 0. The lowest BCUT2D eigenvalue weighted by atomic mass is 10.0. The number of piperidine rings is 1. The number of hydrogen-bond acceptors (Lipinski definition) is 3. The fourth-order valence-corrected chi connectivity index (χ4v) is 2.76. The first kappa shape index (κ1) is 17.5. The van der Waals surface area contributed by atoms with E-state index in [4.69, 9.17) is 5.11 Å². The molecule has 120 valence electrons. The summed E-state index contributed by atoms with van der Waals surface area (Å²) in [5.41, 5.74) is 0. The Morgan fingerprint density at radius 2 is 1.81 bits per heavy atom. The van der Waals surface area contributed by atoms with Crippen LogP contribution in [0.15, 0.2) is 0 Å². The fraction of sp³-hybridized carbons (Fsp3) is 0.800. The first-order valence-electron chi connectivity index (χ1n) is 7.81. The van der Waals surface area contributed by atoms with E-state index in [9.17, 15) is 14.4 Å². The zero-order valence-electron chi connectivity index (χ0n) is 13.0. The predicted molar refractivity (Wildman–Crippen MR) is 78.8 cm³/mol. The minimum absolute atomic E-state index is 0.0567. The molecule has 1 aliphatic rings. The molecule has 21 heavy (non-hydrogen) atoms. The molecule has 1 atom stereocenters. The van der Waals surface area contributed by atoms with E-state index < -0.39 is 12.0 Å². The van der Waals surface area contributed by atoms with Crippen molar-refractivity contribution in [3.05, 3.63) is 0 Å². The Labute approximate surface area is 126 Å². The number of carbonyl (C=O) groups excluding carboxylic acids is 2. The summed E-state index contributed by atoms with van der Waals surface area (Å²) < 4.78 is 0. The van der Waals surface area contributed by atoms with Crippen LogP contribution in [0.3, 0.4) is 0 Å². The number of rotatable bonds is 7. The molecule has 0 saturated carbocycles. The van der Waals surface area contributed by atoms with Crippen LogP contribution in [-0.4, -0.2) is 58.4 Å². The molecule has 1 fully saturated rings. The summed E-state index contributed by atoms with van der Waals surface area (Å²) in [4.78, 5) is 38.4. The van der Waals surface area contributed by atoms with E-state index in [1.807, 2.05) is 13.8 Å². The molecular formula is C15H26N2O4. The SMILES string of the molecule is CCN(CC)C(=O)CCCC(=O)N1CCCCC1C(=O)O. The van der Waals surface area contributed by atoms with Crippen molar-refractivity contribution in [2.75, 3.05) is 19.6 Å². The van der Waals surface area contributed by atoms with Gasteiger partial charge in [0.25, 0.3) is 0 Å². The van der Waals surface area contributed by atoms with Crippen LogP contribution in [0.5, 0.6) is 0 Å². The first-order valence-corrected chi connectivity index (χ1v) is 7.81. The van der Waals surface area contributed by atoms with Crippen molar-refractivity contribution < 1.29 is 19.5 Å². The number of aliphatic carboxylic acids is 1. The molecule has 1 unspecified atom stereocenters. The zero-order valence-corrected chi connectivity index (χ0v) is 13.0. The van der Waals surface area contributed by atoms with Gasteiger partial charge in [0.2, 0.25) is 11.8 Å². The fourth-order valence-electron chi connectivity index (χ4n) is 2.76. The van der Waals surface area contributed by atoms with Crippen molar-refractivity contribution in [1.29, 1.82) is 0 Å². The van der Waals surface area contributed by atoms with Crippen molar-refractivity contribution in [2.24, 2.45) is 0 Å². The number of likely N-dealkylation sites (tertiary alicyclic amines) is 1. The van der Waals surface area contributed by atoms with Gasteiger partial charge in [-0.05, 0) is 39.5 Å². The monoisotopic (exact) mass is 298 g/mol. The smallest absolute Gasteiger partial charge is 0.326 e. The van der Waals surface area contributed by atoms with Crippen LogP contribution in [-0.2, 0) is 14.4 Å². The third-order valence-electron chi connectivity index (χ3n) is 4.01. The topological polar surface area (TPSA) is 77.9 Å². The highest BCUT2D eigenvalue weighted by atomic mass is 16.4. The Morgan fingerprint density at radius 1 is 1.14 bits per heavy atom. The van der Waals surface area contributed by atoms with Crippen molar-refractivity contribution >= 4 is 17.8 Å². The molecule has 6 nitrogen and oxygen atoms in total. The van der Waals surface area contributed by atoms with Crippen molar-refractivity contribution in [3.63, 3.8) is 0 Å². The molecule has 0 aromatic carbocycles. The van der Waals surface area contributed by atoms with E-state index in [-0.39, 0.29) is 18.2 Å². The molecule has 0 aromatic rings. The first-order chi connectivity index (χ1) is 10.0. The van der Waals surface area contributed by atoms with Crippen LogP contribution in [0.2, 0.25) is 0 Å². The van der Waals surface area contributed by atoms with E-state index in [0.717, 1.165) is 12.8 Å². The molecule has 1 saturated heterocycles. The average Bonchev–Trinajstić information content (AvgIpc) is 2.48. The molecule has 1 rings (SSSR count). The van der Waals surface area contributed by atoms with Crippen LogP contribution >= 0.6 is 0 Å². The van der Waals surface area contributed by atoms with Gasteiger partial charge in [-0.1, -0.05) is 0 Å². The quantitative estimate of drug-likeness (QED) is 0.772. The third-order valence-corrected chi connectivity index (χ3v) is 4.01. The van der Waals surface area contributed by atoms with Gasteiger partial charge >= 0.3 is 5.97 Å². The van der Waals surface area contributed by atoms with Gasteiger partial charge in [-0.25, -0.2) is 4.79 Å². The number of hydrogen-bond donors (Lipinski definition) is 1. The summed E-state index contributed by atoms with van der Waals surface area (Å²) >= 11 is 0. The van der Waals surface area contributed by atoms with E-state index in [1.165, 1.54) is 4.90 Å². The molecule has 0 spiro atoms. The molecule has 0 aliphatic carbocycles. The number of nitrogens with zero attached hydrogens (tertiary/aromatic N) is 2. The van der Waals surface area contributed by atoms with Gasteiger partial charge in [-0.15, -0.1) is 0 Å². The highest BCUT2D eigenvalue weighted by Gasteiger charge is 2.31. The molecule has 0 bridgehead atoms. The molecule has 6 heteroatoms. The Morgan fingerprint density at radius 3 is 2.38 bits per heavy atom. The maximum Gasteiger partial charge on any atom is 0.326 e. The number of carbonyl (C=O) groups is 3. The molecule has 1 N–H and O–H groups in total. The number of carboxylic acid groups (broad SMARTS) is 1. The van der Waals surface area contributed by atoms with Crippen LogP contribution in [0.1, 0.15) is 52.4 Å². The normalized spacial score (nSPS) is 18.4. The van der Waals surface area contributed by atoms with Gasteiger partial charge in [0.15, 0.2) is 0 Å². The molecule has 2 amide bonds. The van der Waals surface area contributed by atoms with Crippen LogP contribution in [0, 0.1) is 0 Å². The van der Waals surface area contributed by atoms with Gasteiger partial charge in [-0.2, -0.15) is 0 Å². The van der Waals surface area contributed by atoms with Crippen LogP contribution in [0.25, 0.3) is 0 Å². The maximum atomic E-state index is 12.1. The molecule has 1 aliphatic heterocycles. The van der Waals surface area contributed by atoms with Crippen molar-refractivity contribution in [1.82, 2.24) is 9.80 Å². The second-order valence-electron chi connectivity index (χ2n) is 5.36. The zero-order chi connectivity index (χ0) is 15.8. The Kier molecular flexibility index (Phi) is 7.19. The number of amides is 2. The predicted octanol–water partition coefficient (Wildman–Crippen LogP) is 1.49. The molecular weight excluding hydrogens is 272 g/mol. The van der Waals surface area contributed by atoms with Crippen LogP contribution in [0.4, 0.5) is 0 Å². The van der Waals surface area contributed by atoms with E-state index >= 15 is 0 Å².